The maximum atomic E-state index is 12.6. The van der Waals surface area contributed by atoms with Crippen LogP contribution < -0.4 is 10.6 Å². The summed E-state index contributed by atoms with van der Waals surface area (Å²) in [6.45, 7) is 5.67. The van der Waals surface area contributed by atoms with Gasteiger partial charge in [0.25, 0.3) is 5.91 Å². The van der Waals surface area contributed by atoms with Crippen molar-refractivity contribution >= 4 is 17.5 Å². The van der Waals surface area contributed by atoms with Crippen LogP contribution in [-0.2, 0) is 26.1 Å². The van der Waals surface area contributed by atoms with Crippen LogP contribution in [0.5, 0.6) is 0 Å². The molecule has 0 bridgehead atoms. The van der Waals surface area contributed by atoms with Gasteiger partial charge in [-0.25, -0.2) is 4.98 Å². The minimum Gasteiger partial charge on any atom is -0.348 e. The molecular formula is C30H34ClN7O. The molecule has 9 heteroatoms. The summed E-state index contributed by atoms with van der Waals surface area (Å²) in [4.78, 5) is 31.5. The molecule has 0 saturated carbocycles. The number of aryl methyl sites for hydroxylation is 2. The van der Waals surface area contributed by atoms with Crippen LogP contribution in [0.2, 0.25) is 5.02 Å². The third-order valence-corrected chi connectivity index (χ3v) is 7.40. The Morgan fingerprint density at radius 2 is 2.00 bits per heavy atom. The predicted molar refractivity (Wildman–Crippen MR) is 152 cm³/mol. The largest absolute Gasteiger partial charge is 0.348 e. The number of carbonyl (C=O) groups excluding carboxylic acids is 1. The Morgan fingerprint density at radius 3 is 2.85 bits per heavy atom. The van der Waals surface area contributed by atoms with E-state index < -0.39 is 0 Å². The van der Waals surface area contributed by atoms with Crippen molar-refractivity contribution in [2.24, 2.45) is 0 Å². The number of hydrogen-bond acceptors (Lipinski definition) is 6. The lowest BCUT2D eigenvalue weighted by Gasteiger charge is -2.35. The smallest absolute Gasteiger partial charge is 0.253 e. The fourth-order valence-electron chi connectivity index (χ4n) is 5.20. The van der Waals surface area contributed by atoms with Gasteiger partial charge in [-0.1, -0.05) is 41.9 Å². The van der Waals surface area contributed by atoms with Gasteiger partial charge in [-0.15, -0.1) is 0 Å². The number of pyridine rings is 2. The zero-order chi connectivity index (χ0) is 27.0. The predicted octanol–water partition coefficient (Wildman–Crippen LogP) is 4.76. The van der Waals surface area contributed by atoms with Gasteiger partial charge in [0.15, 0.2) is 0 Å². The molecule has 1 amide bonds. The first-order valence-corrected chi connectivity index (χ1v) is 13.8. The van der Waals surface area contributed by atoms with Crippen LogP contribution >= 0.6 is 11.6 Å². The van der Waals surface area contributed by atoms with Gasteiger partial charge < -0.3 is 15.6 Å². The van der Waals surface area contributed by atoms with Gasteiger partial charge in [-0.2, -0.15) is 0 Å². The molecule has 4 aromatic rings. The van der Waals surface area contributed by atoms with Crippen molar-refractivity contribution in [2.45, 2.75) is 51.9 Å². The topological polar surface area (TPSA) is 98.8 Å². The van der Waals surface area contributed by atoms with Crippen LogP contribution in [0.3, 0.4) is 0 Å². The van der Waals surface area contributed by atoms with Crippen molar-refractivity contribution in [3.05, 3.63) is 112 Å². The first-order chi connectivity index (χ1) is 19.1. The first-order valence-electron chi connectivity index (χ1n) is 13.4. The third-order valence-electron chi connectivity index (χ3n) is 7.10. The van der Waals surface area contributed by atoms with Crippen molar-refractivity contribution in [3.63, 3.8) is 0 Å². The van der Waals surface area contributed by atoms with Gasteiger partial charge in [0.2, 0.25) is 0 Å². The van der Waals surface area contributed by atoms with Crippen LogP contribution in [0, 0.1) is 6.92 Å². The molecule has 1 atom stereocenters. The standard InChI is InChI=1S/C30H34ClN7O/c1-21-35-18-25(37-21)17-33-13-14-38(28-9-3-7-24-8-4-11-34-29(24)28)20-23-6-2-5-22(15-23)16-36-30(39)26-10-12-32-19-27(26)31/h2,4-6,8,10-12,15,18-19,28,33H,3,7,9,13-14,16-17,20H2,1H3,(H,35,37)(H,36,39). The van der Waals surface area contributed by atoms with Gasteiger partial charge in [-0.3, -0.25) is 19.7 Å². The second-order valence-corrected chi connectivity index (χ2v) is 10.4. The Morgan fingerprint density at radius 1 is 1.10 bits per heavy atom. The van der Waals surface area contributed by atoms with E-state index in [4.69, 9.17) is 16.6 Å². The Hall–Kier alpha value is -3.59. The van der Waals surface area contributed by atoms with Crippen molar-refractivity contribution in [2.75, 3.05) is 13.1 Å². The number of fused-ring (bicyclic) bond motifs is 1. The molecule has 202 valence electrons. The lowest BCUT2D eigenvalue weighted by molar-refractivity contribution is 0.0951. The average molecular weight is 544 g/mol. The average Bonchev–Trinajstić information content (AvgIpc) is 3.38. The lowest BCUT2D eigenvalue weighted by Crippen LogP contribution is -2.36. The van der Waals surface area contributed by atoms with E-state index in [-0.39, 0.29) is 11.9 Å². The number of nitrogens with zero attached hydrogens (tertiary/aromatic N) is 4. The summed E-state index contributed by atoms with van der Waals surface area (Å²) < 4.78 is 0. The fourth-order valence-corrected chi connectivity index (χ4v) is 5.41. The monoisotopic (exact) mass is 543 g/mol. The molecule has 1 unspecified atom stereocenters. The second kappa shape index (κ2) is 13.0. The maximum absolute atomic E-state index is 12.6. The highest BCUT2D eigenvalue weighted by molar-refractivity contribution is 6.33. The highest BCUT2D eigenvalue weighted by Gasteiger charge is 2.27. The first kappa shape index (κ1) is 27.0. The number of amides is 1. The lowest BCUT2D eigenvalue weighted by atomic mass is 9.90. The Labute approximate surface area is 234 Å². The highest BCUT2D eigenvalue weighted by Crippen LogP contribution is 2.33. The molecule has 1 aliphatic rings. The molecule has 1 aromatic carbocycles. The van der Waals surface area contributed by atoms with E-state index in [0.717, 1.165) is 62.5 Å². The summed E-state index contributed by atoms with van der Waals surface area (Å²) in [6.07, 6.45) is 10.2. The quantitative estimate of drug-likeness (QED) is 0.236. The number of imidazole rings is 1. The molecule has 3 aromatic heterocycles. The van der Waals surface area contributed by atoms with E-state index >= 15 is 0 Å². The van der Waals surface area contributed by atoms with Gasteiger partial charge >= 0.3 is 0 Å². The molecule has 3 N–H and O–H groups in total. The van der Waals surface area contributed by atoms with E-state index in [9.17, 15) is 4.79 Å². The summed E-state index contributed by atoms with van der Waals surface area (Å²) in [6, 6.07) is 14.6. The van der Waals surface area contributed by atoms with E-state index in [1.54, 1.807) is 12.3 Å². The maximum Gasteiger partial charge on any atom is 0.253 e. The summed E-state index contributed by atoms with van der Waals surface area (Å²) >= 11 is 6.14. The Bertz CT molecular complexity index is 1410. The second-order valence-electron chi connectivity index (χ2n) is 9.96. The number of nitrogens with one attached hydrogen (secondary N) is 3. The van der Waals surface area contributed by atoms with Gasteiger partial charge in [0, 0.05) is 63.2 Å². The van der Waals surface area contributed by atoms with Crippen LogP contribution in [0.25, 0.3) is 0 Å². The van der Waals surface area contributed by atoms with Crippen molar-refractivity contribution in [1.82, 2.24) is 35.5 Å². The van der Waals surface area contributed by atoms with Crippen LogP contribution in [0.15, 0.2) is 67.3 Å². The van der Waals surface area contributed by atoms with E-state index in [1.807, 2.05) is 31.5 Å². The van der Waals surface area contributed by atoms with E-state index in [2.05, 4.69) is 54.8 Å². The summed E-state index contributed by atoms with van der Waals surface area (Å²) in [7, 11) is 0. The molecular weight excluding hydrogens is 510 g/mol. The van der Waals surface area contributed by atoms with Crippen LogP contribution in [-0.4, -0.2) is 43.8 Å². The third kappa shape index (κ3) is 7.09. The highest BCUT2D eigenvalue weighted by atomic mass is 35.5. The van der Waals surface area contributed by atoms with Crippen LogP contribution in [0.4, 0.5) is 0 Å². The normalized spacial score (nSPS) is 14.8. The van der Waals surface area contributed by atoms with Crippen molar-refractivity contribution < 1.29 is 4.79 Å². The van der Waals surface area contributed by atoms with Gasteiger partial charge in [0.1, 0.15) is 5.82 Å². The fraction of sp³-hybridized carbons (Fsp3) is 0.333. The van der Waals surface area contributed by atoms with Gasteiger partial charge in [-0.05, 0) is 55.0 Å². The molecule has 8 nitrogen and oxygen atoms in total. The van der Waals surface area contributed by atoms with E-state index in [1.165, 1.54) is 23.0 Å². The summed E-state index contributed by atoms with van der Waals surface area (Å²) in [5.41, 5.74) is 6.31. The molecule has 0 saturated heterocycles. The summed E-state index contributed by atoms with van der Waals surface area (Å²) in [5, 5.41) is 6.89. The molecule has 0 fully saturated rings. The van der Waals surface area contributed by atoms with Gasteiger partial charge in [0.05, 0.1) is 22.3 Å². The van der Waals surface area contributed by atoms with Crippen molar-refractivity contribution in [1.29, 1.82) is 0 Å². The summed E-state index contributed by atoms with van der Waals surface area (Å²) in [5.74, 6) is 0.719. The number of rotatable bonds is 11. The van der Waals surface area contributed by atoms with Crippen molar-refractivity contribution in [3.8, 4) is 0 Å². The number of benzene rings is 1. The molecule has 5 rings (SSSR count). The molecule has 0 radical (unpaired) electrons. The number of hydrogen-bond donors (Lipinski definition) is 3. The number of carbonyl (C=O) groups is 1. The molecule has 0 spiro atoms. The molecule has 39 heavy (non-hydrogen) atoms. The van der Waals surface area contributed by atoms with E-state index in [0.29, 0.717) is 17.1 Å². The number of H-pyrrole nitrogens is 1. The Balaban J connectivity index is 1.27. The number of halogens is 1. The number of aromatic amines is 1. The SMILES string of the molecule is Cc1ncc(CNCCN(Cc2cccc(CNC(=O)c3ccncc3Cl)c2)C2CCCc3cccnc32)[nH]1. The molecule has 1 aliphatic carbocycles. The zero-order valence-electron chi connectivity index (χ0n) is 22.2. The minimum atomic E-state index is -0.210. The number of aromatic nitrogens is 4. The minimum absolute atomic E-state index is 0.210. The zero-order valence-corrected chi connectivity index (χ0v) is 22.9. The molecule has 0 aliphatic heterocycles. The molecule has 3 heterocycles. The van der Waals surface area contributed by atoms with Crippen LogP contribution in [0.1, 0.15) is 63.1 Å². The Kier molecular flexibility index (Phi) is 8.98.